The van der Waals surface area contributed by atoms with Crippen molar-refractivity contribution in [2.75, 3.05) is 0 Å². The maximum absolute atomic E-state index is 12.1. The lowest BCUT2D eigenvalue weighted by Gasteiger charge is -2.15. The van der Waals surface area contributed by atoms with Crippen LogP contribution in [0.15, 0.2) is 46.9 Å². The van der Waals surface area contributed by atoms with Crippen molar-refractivity contribution in [3.05, 3.63) is 62.5 Å². The molecule has 0 radical (unpaired) electrons. The summed E-state index contributed by atoms with van der Waals surface area (Å²) in [6, 6.07) is 11.7. The van der Waals surface area contributed by atoms with Gasteiger partial charge in [-0.25, -0.2) is 0 Å². The Morgan fingerprint density at radius 3 is 2.33 bits per heavy atom. The van der Waals surface area contributed by atoms with E-state index in [1.807, 2.05) is 6.07 Å². The smallest absolute Gasteiger partial charge is 0.279 e. The van der Waals surface area contributed by atoms with E-state index in [1.54, 1.807) is 31.2 Å². The number of halogens is 3. The predicted molar refractivity (Wildman–Crippen MR) is 96.3 cm³/mol. The molecule has 1 unspecified atom stereocenters. The molecule has 2 aromatic rings. The average Bonchev–Trinajstić information content (AvgIpc) is 2.52. The zero-order chi connectivity index (χ0) is 17.7. The first-order chi connectivity index (χ1) is 11.4. The monoisotopic (exact) mass is 430 g/mol. The molecule has 0 aliphatic heterocycles. The molecular weight excluding hydrogens is 419 g/mol. The largest absolute Gasteiger partial charge is 0.481 e. The van der Waals surface area contributed by atoms with Crippen LogP contribution in [0.3, 0.4) is 0 Å². The number of carbonyl (C=O) groups is 2. The van der Waals surface area contributed by atoms with Gasteiger partial charge in [0.05, 0.1) is 15.6 Å². The second-order valence-electron chi connectivity index (χ2n) is 4.76. The number of hydrogen-bond donors (Lipinski definition) is 2. The van der Waals surface area contributed by atoms with Crippen LogP contribution in [0.1, 0.15) is 17.3 Å². The Balaban J connectivity index is 1.94. The van der Waals surface area contributed by atoms with E-state index in [0.29, 0.717) is 5.75 Å². The summed E-state index contributed by atoms with van der Waals surface area (Å²) in [6.45, 7) is 1.56. The molecule has 0 aliphatic rings. The van der Waals surface area contributed by atoms with Crippen LogP contribution in [0, 0.1) is 0 Å². The molecule has 0 saturated heterocycles. The van der Waals surface area contributed by atoms with E-state index in [-0.39, 0.29) is 15.6 Å². The van der Waals surface area contributed by atoms with Crippen LogP contribution in [0.25, 0.3) is 0 Å². The molecule has 2 N–H and O–H groups in total. The van der Waals surface area contributed by atoms with Crippen molar-refractivity contribution < 1.29 is 14.3 Å². The molecule has 126 valence electrons. The molecule has 0 heterocycles. The fraction of sp³-hybridized carbons (Fsp3) is 0.125. The molecular formula is C16H13BrCl2N2O3. The summed E-state index contributed by atoms with van der Waals surface area (Å²) in [5.41, 5.74) is 4.62. The van der Waals surface area contributed by atoms with Crippen LogP contribution < -0.4 is 15.6 Å². The van der Waals surface area contributed by atoms with E-state index in [0.717, 1.165) is 4.47 Å². The Morgan fingerprint density at radius 1 is 1.08 bits per heavy atom. The zero-order valence-electron chi connectivity index (χ0n) is 12.5. The summed E-state index contributed by atoms with van der Waals surface area (Å²) in [4.78, 5) is 24.1. The zero-order valence-corrected chi connectivity index (χ0v) is 15.6. The van der Waals surface area contributed by atoms with Crippen molar-refractivity contribution in [2.24, 2.45) is 0 Å². The van der Waals surface area contributed by atoms with Crippen molar-refractivity contribution in [3.63, 3.8) is 0 Å². The lowest BCUT2D eigenvalue weighted by atomic mass is 10.2. The van der Waals surface area contributed by atoms with Gasteiger partial charge in [-0.15, -0.1) is 0 Å². The van der Waals surface area contributed by atoms with Gasteiger partial charge in [0.2, 0.25) is 0 Å². The van der Waals surface area contributed by atoms with Gasteiger partial charge in [0, 0.05) is 4.47 Å². The lowest BCUT2D eigenvalue weighted by Crippen LogP contribution is -2.47. The van der Waals surface area contributed by atoms with Crippen LogP contribution in [0.5, 0.6) is 5.75 Å². The summed E-state index contributed by atoms with van der Waals surface area (Å²) in [7, 11) is 0. The van der Waals surface area contributed by atoms with Crippen molar-refractivity contribution >= 4 is 50.9 Å². The highest BCUT2D eigenvalue weighted by atomic mass is 79.9. The summed E-state index contributed by atoms with van der Waals surface area (Å²) < 4.78 is 6.32. The topological polar surface area (TPSA) is 67.4 Å². The summed E-state index contributed by atoms with van der Waals surface area (Å²) in [6.07, 6.45) is -0.818. The van der Waals surface area contributed by atoms with Gasteiger partial charge in [-0.3, -0.25) is 20.4 Å². The molecule has 2 aromatic carbocycles. The molecule has 2 rings (SSSR count). The van der Waals surface area contributed by atoms with Gasteiger partial charge in [-0.05, 0) is 37.3 Å². The number of hydrogen-bond acceptors (Lipinski definition) is 3. The number of carbonyl (C=O) groups excluding carboxylic acids is 2. The fourth-order valence-electron chi connectivity index (χ4n) is 1.80. The molecule has 0 spiro atoms. The van der Waals surface area contributed by atoms with E-state index in [2.05, 4.69) is 26.8 Å². The number of nitrogens with one attached hydrogen (secondary N) is 2. The van der Waals surface area contributed by atoms with Gasteiger partial charge in [0.15, 0.2) is 6.10 Å². The van der Waals surface area contributed by atoms with E-state index >= 15 is 0 Å². The summed E-state index contributed by atoms with van der Waals surface area (Å²) in [5, 5.41) is 0.375. The molecule has 0 saturated carbocycles. The SMILES string of the molecule is CC(Oc1cccc(Br)c1)C(=O)NNC(=O)c1c(Cl)cccc1Cl. The molecule has 0 fully saturated rings. The molecule has 2 amide bonds. The normalized spacial score (nSPS) is 11.5. The first-order valence-corrected chi connectivity index (χ1v) is 8.40. The molecule has 24 heavy (non-hydrogen) atoms. The van der Waals surface area contributed by atoms with Crippen LogP contribution in [-0.2, 0) is 4.79 Å². The quantitative estimate of drug-likeness (QED) is 0.719. The fourth-order valence-corrected chi connectivity index (χ4v) is 2.74. The van der Waals surface area contributed by atoms with Crippen molar-refractivity contribution in [3.8, 4) is 5.75 Å². The van der Waals surface area contributed by atoms with Crippen molar-refractivity contribution in [1.82, 2.24) is 10.9 Å². The maximum atomic E-state index is 12.1. The highest BCUT2D eigenvalue weighted by Crippen LogP contribution is 2.23. The first-order valence-electron chi connectivity index (χ1n) is 6.85. The minimum absolute atomic E-state index is 0.0849. The third kappa shape index (κ3) is 4.87. The van der Waals surface area contributed by atoms with Crippen LogP contribution in [0.4, 0.5) is 0 Å². The predicted octanol–water partition coefficient (Wildman–Crippen LogP) is 3.98. The van der Waals surface area contributed by atoms with Crippen LogP contribution >= 0.6 is 39.1 Å². The number of rotatable bonds is 4. The number of hydrazine groups is 1. The van der Waals surface area contributed by atoms with Gasteiger partial charge in [-0.1, -0.05) is 51.3 Å². The van der Waals surface area contributed by atoms with Gasteiger partial charge in [0.1, 0.15) is 5.75 Å². The molecule has 8 heteroatoms. The average molecular weight is 432 g/mol. The molecule has 0 aromatic heterocycles. The third-order valence-corrected chi connectivity index (χ3v) is 4.09. The van der Waals surface area contributed by atoms with E-state index in [1.165, 1.54) is 12.1 Å². The number of ether oxygens (including phenoxy) is 1. The van der Waals surface area contributed by atoms with Crippen LogP contribution in [-0.4, -0.2) is 17.9 Å². The molecule has 5 nitrogen and oxygen atoms in total. The summed E-state index contributed by atoms with van der Waals surface area (Å²) >= 11 is 15.2. The second-order valence-corrected chi connectivity index (χ2v) is 6.49. The lowest BCUT2D eigenvalue weighted by molar-refractivity contribution is -0.128. The van der Waals surface area contributed by atoms with E-state index < -0.39 is 17.9 Å². The Labute approximate surface area is 157 Å². The Kier molecular flexibility index (Phi) is 6.48. The third-order valence-electron chi connectivity index (χ3n) is 2.97. The Morgan fingerprint density at radius 2 is 1.71 bits per heavy atom. The highest BCUT2D eigenvalue weighted by molar-refractivity contribution is 9.10. The highest BCUT2D eigenvalue weighted by Gasteiger charge is 2.18. The van der Waals surface area contributed by atoms with Gasteiger partial charge in [0.25, 0.3) is 11.8 Å². The minimum atomic E-state index is -0.818. The molecule has 0 aliphatic carbocycles. The minimum Gasteiger partial charge on any atom is -0.481 e. The number of amides is 2. The second kappa shape index (κ2) is 8.37. The first kappa shape index (κ1) is 18.6. The Bertz CT molecular complexity index is 750. The standard InChI is InChI=1S/C16H13BrCl2N2O3/c1-9(24-11-5-2-4-10(17)8-11)15(22)20-21-16(23)14-12(18)6-3-7-13(14)19/h2-9H,1H3,(H,20,22)(H,21,23). The van der Waals surface area contributed by atoms with Gasteiger partial charge in [-0.2, -0.15) is 0 Å². The van der Waals surface area contributed by atoms with E-state index in [4.69, 9.17) is 27.9 Å². The molecule has 0 bridgehead atoms. The van der Waals surface area contributed by atoms with E-state index in [9.17, 15) is 9.59 Å². The Hall–Kier alpha value is -1.76. The number of benzene rings is 2. The maximum Gasteiger partial charge on any atom is 0.279 e. The summed E-state index contributed by atoms with van der Waals surface area (Å²) in [5.74, 6) is -0.618. The molecule has 1 atom stereocenters. The van der Waals surface area contributed by atoms with Gasteiger partial charge < -0.3 is 4.74 Å². The van der Waals surface area contributed by atoms with Gasteiger partial charge >= 0.3 is 0 Å². The van der Waals surface area contributed by atoms with Crippen molar-refractivity contribution in [1.29, 1.82) is 0 Å². The van der Waals surface area contributed by atoms with Crippen molar-refractivity contribution in [2.45, 2.75) is 13.0 Å². The van der Waals surface area contributed by atoms with Crippen LogP contribution in [0.2, 0.25) is 10.0 Å².